The molecule has 1 aliphatic heterocycles. The summed E-state index contributed by atoms with van der Waals surface area (Å²) in [5, 5.41) is 12.7. The summed E-state index contributed by atoms with van der Waals surface area (Å²) in [6.45, 7) is 2.73. The van der Waals surface area contributed by atoms with Crippen LogP contribution >= 0.6 is 0 Å². The fraction of sp³-hybridized carbons (Fsp3) is 0.238. The van der Waals surface area contributed by atoms with Gasteiger partial charge < -0.3 is 24.6 Å². The Hall–Kier alpha value is -3.39. The molecule has 2 heterocycles. The number of anilines is 1. The van der Waals surface area contributed by atoms with Gasteiger partial charge in [0, 0.05) is 37.8 Å². The molecule has 29 heavy (non-hydrogen) atoms. The van der Waals surface area contributed by atoms with E-state index < -0.39 is 22.8 Å². The van der Waals surface area contributed by atoms with Crippen LogP contribution in [-0.4, -0.2) is 48.9 Å². The monoisotopic (exact) mass is 397 g/mol. The minimum absolute atomic E-state index is 0.00666. The quantitative estimate of drug-likeness (QED) is 0.703. The summed E-state index contributed by atoms with van der Waals surface area (Å²) >= 11 is 0. The van der Waals surface area contributed by atoms with Gasteiger partial charge in [0.2, 0.25) is 5.43 Å². The number of halogens is 1. The van der Waals surface area contributed by atoms with Crippen LogP contribution < -0.4 is 20.4 Å². The fourth-order valence-corrected chi connectivity index (χ4v) is 3.66. The third-order valence-electron chi connectivity index (χ3n) is 5.10. The number of hydrogen-bond donors (Lipinski definition) is 2. The summed E-state index contributed by atoms with van der Waals surface area (Å²) in [5.41, 5.74) is 0.201. The summed E-state index contributed by atoms with van der Waals surface area (Å²) in [6.07, 6.45) is 1.27. The molecule has 7 nitrogen and oxygen atoms in total. The van der Waals surface area contributed by atoms with Gasteiger partial charge in [0.15, 0.2) is 0 Å². The lowest BCUT2D eigenvalue weighted by molar-refractivity contribution is 0.0695. The van der Waals surface area contributed by atoms with Crippen molar-refractivity contribution >= 4 is 22.6 Å². The molecule has 150 valence electrons. The third-order valence-corrected chi connectivity index (χ3v) is 5.10. The molecule has 4 rings (SSSR count). The molecule has 0 amide bonds. The third kappa shape index (κ3) is 3.31. The topological polar surface area (TPSA) is 83.8 Å². The highest BCUT2D eigenvalue weighted by Crippen LogP contribution is 2.30. The normalized spacial score (nSPS) is 14.2. The van der Waals surface area contributed by atoms with Crippen molar-refractivity contribution in [2.24, 2.45) is 0 Å². The number of aromatic carboxylic acids is 1. The molecule has 0 aliphatic carbocycles. The number of fused-ring (bicyclic) bond motifs is 1. The number of rotatable bonds is 4. The molecule has 0 atom stereocenters. The summed E-state index contributed by atoms with van der Waals surface area (Å²) in [5.74, 6) is -1.42. The Morgan fingerprint density at radius 2 is 1.90 bits per heavy atom. The van der Waals surface area contributed by atoms with E-state index in [2.05, 4.69) is 5.32 Å². The second-order valence-corrected chi connectivity index (χ2v) is 6.78. The van der Waals surface area contributed by atoms with Crippen LogP contribution in [-0.2, 0) is 0 Å². The Morgan fingerprint density at radius 3 is 2.59 bits per heavy atom. The lowest BCUT2D eigenvalue weighted by atomic mass is 10.1. The molecule has 2 aromatic carbocycles. The van der Waals surface area contributed by atoms with Crippen LogP contribution in [0.3, 0.4) is 0 Å². The number of carboxylic acids is 1. The number of aromatic nitrogens is 1. The summed E-state index contributed by atoms with van der Waals surface area (Å²) in [7, 11) is 1.51. The number of methoxy groups -OCH3 is 1. The lowest BCUT2D eigenvalue weighted by Gasteiger charge is -2.30. The predicted molar refractivity (Wildman–Crippen MR) is 108 cm³/mol. The highest BCUT2D eigenvalue weighted by molar-refractivity contribution is 5.94. The Morgan fingerprint density at radius 1 is 1.17 bits per heavy atom. The van der Waals surface area contributed by atoms with E-state index >= 15 is 0 Å². The maximum Gasteiger partial charge on any atom is 0.341 e. The Labute approximate surface area is 165 Å². The van der Waals surface area contributed by atoms with Crippen molar-refractivity contribution in [2.45, 2.75) is 0 Å². The molecule has 0 spiro atoms. The maximum absolute atomic E-state index is 14.9. The average molecular weight is 397 g/mol. The lowest BCUT2D eigenvalue weighted by Crippen LogP contribution is -2.43. The van der Waals surface area contributed by atoms with E-state index in [4.69, 9.17) is 4.74 Å². The number of carboxylic acid groups (broad SMARTS) is 1. The van der Waals surface area contributed by atoms with Crippen molar-refractivity contribution in [3.8, 4) is 11.4 Å². The zero-order chi connectivity index (χ0) is 20.5. The van der Waals surface area contributed by atoms with Crippen LogP contribution in [0.15, 0.2) is 47.4 Å². The molecule has 1 saturated heterocycles. The second kappa shape index (κ2) is 7.56. The van der Waals surface area contributed by atoms with Crippen LogP contribution in [0, 0.1) is 5.82 Å². The number of carbonyl (C=O) groups is 1. The van der Waals surface area contributed by atoms with E-state index in [-0.39, 0.29) is 5.39 Å². The summed E-state index contributed by atoms with van der Waals surface area (Å²) in [6, 6.07) is 9.80. The minimum atomic E-state index is -1.37. The molecule has 0 unspecified atom stereocenters. The average Bonchev–Trinajstić information content (AvgIpc) is 2.74. The first-order valence-corrected chi connectivity index (χ1v) is 9.22. The number of hydrogen-bond acceptors (Lipinski definition) is 5. The fourth-order valence-electron chi connectivity index (χ4n) is 3.66. The molecule has 8 heteroatoms. The molecule has 0 saturated carbocycles. The maximum atomic E-state index is 14.9. The minimum Gasteiger partial charge on any atom is -0.495 e. The van der Waals surface area contributed by atoms with Crippen LogP contribution in [0.25, 0.3) is 16.6 Å². The predicted octanol–water partition coefficient (Wildman–Crippen LogP) is 2.25. The van der Waals surface area contributed by atoms with E-state index in [1.807, 2.05) is 4.90 Å². The number of benzene rings is 2. The van der Waals surface area contributed by atoms with Crippen molar-refractivity contribution in [2.75, 3.05) is 38.2 Å². The van der Waals surface area contributed by atoms with Crippen LogP contribution in [0.4, 0.5) is 10.1 Å². The van der Waals surface area contributed by atoms with Crippen molar-refractivity contribution in [1.29, 1.82) is 0 Å². The van der Waals surface area contributed by atoms with Gasteiger partial charge in [-0.2, -0.15) is 0 Å². The Kier molecular flexibility index (Phi) is 4.94. The molecule has 1 aromatic heterocycles. The number of nitrogens with zero attached hydrogens (tertiary/aromatic N) is 2. The van der Waals surface area contributed by atoms with Crippen molar-refractivity contribution < 1.29 is 19.0 Å². The first kappa shape index (κ1) is 18.9. The highest BCUT2D eigenvalue weighted by atomic mass is 19.1. The first-order chi connectivity index (χ1) is 14.0. The van der Waals surface area contributed by atoms with Gasteiger partial charge in [-0.3, -0.25) is 4.79 Å². The zero-order valence-electron chi connectivity index (χ0n) is 15.8. The number of piperazine rings is 1. The molecule has 1 aliphatic rings. The van der Waals surface area contributed by atoms with Gasteiger partial charge in [-0.05, 0) is 24.3 Å². The van der Waals surface area contributed by atoms with Gasteiger partial charge in [-0.1, -0.05) is 12.1 Å². The molecule has 0 radical (unpaired) electrons. The molecule has 2 N–H and O–H groups in total. The summed E-state index contributed by atoms with van der Waals surface area (Å²) < 4.78 is 21.9. The van der Waals surface area contributed by atoms with E-state index in [0.29, 0.717) is 35.7 Å². The van der Waals surface area contributed by atoms with Gasteiger partial charge in [-0.15, -0.1) is 0 Å². The molecule has 0 bridgehead atoms. The van der Waals surface area contributed by atoms with Gasteiger partial charge in [0.25, 0.3) is 0 Å². The number of ether oxygens (including phenoxy) is 1. The number of para-hydroxylation sites is 2. The van der Waals surface area contributed by atoms with Crippen molar-refractivity contribution in [1.82, 2.24) is 9.88 Å². The number of nitrogens with one attached hydrogen (secondary N) is 1. The molecule has 3 aromatic rings. The zero-order valence-corrected chi connectivity index (χ0v) is 15.8. The largest absolute Gasteiger partial charge is 0.495 e. The smallest absolute Gasteiger partial charge is 0.341 e. The SMILES string of the molecule is COc1ccccc1-n1cc(C(=O)O)c(=O)c2cc(F)c(N3CCNCC3)cc21. The van der Waals surface area contributed by atoms with E-state index in [0.717, 1.165) is 19.2 Å². The van der Waals surface area contributed by atoms with Crippen molar-refractivity contribution in [3.05, 3.63) is 64.2 Å². The summed E-state index contributed by atoms with van der Waals surface area (Å²) in [4.78, 5) is 26.3. The standard InChI is InChI=1S/C21H20FN3O4/c1-29-19-5-3-2-4-16(19)25-12-14(21(27)28)20(26)13-10-15(22)18(11-17(13)25)24-8-6-23-7-9-24/h2-5,10-12,23H,6-9H2,1H3,(H,27,28). The van der Waals surface area contributed by atoms with Crippen LogP contribution in [0.2, 0.25) is 0 Å². The van der Waals surface area contributed by atoms with Gasteiger partial charge in [0.05, 0.1) is 24.0 Å². The van der Waals surface area contributed by atoms with Gasteiger partial charge in [0.1, 0.15) is 17.1 Å². The van der Waals surface area contributed by atoms with E-state index in [1.54, 1.807) is 34.9 Å². The Bertz CT molecular complexity index is 1150. The number of pyridine rings is 1. The molecular weight excluding hydrogens is 377 g/mol. The van der Waals surface area contributed by atoms with Gasteiger partial charge in [-0.25, -0.2) is 9.18 Å². The highest BCUT2D eigenvalue weighted by Gasteiger charge is 2.21. The molecular formula is C21H20FN3O4. The van der Waals surface area contributed by atoms with Crippen LogP contribution in [0.1, 0.15) is 10.4 Å². The van der Waals surface area contributed by atoms with Gasteiger partial charge >= 0.3 is 5.97 Å². The molecule has 1 fully saturated rings. The van der Waals surface area contributed by atoms with E-state index in [9.17, 15) is 19.1 Å². The van der Waals surface area contributed by atoms with Crippen molar-refractivity contribution in [3.63, 3.8) is 0 Å². The Balaban J connectivity index is 2.05. The first-order valence-electron chi connectivity index (χ1n) is 9.22. The second-order valence-electron chi connectivity index (χ2n) is 6.78. The van der Waals surface area contributed by atoms with E-state index in [1.165, 1.54) is 13.3 Å². The van der Waals surface area contributed by atoms with Crippen LogP contribution in [0.5, 0.6) is 5.75 Å².